The molecule has 0 bridgehead atoms. The van der Waals surface area contributed by atoms with E-state index in [1.54, 1.807) is 42.5 Å². The molecule has 3 rings (SSSR count). The van der Waals surface area contributed by atoms with Gasteiger partial charge < -0.3 is 9.47 Å². The number of imide groups is 1. The lowest BCUT2D eigenvalue weighted by molar-refractivity contribution is -0.113. The Morgan fingerprint density at radius 2 is 1.96 bits per heavy atom. The second-order valence-corrected chi connectivity index (χ2v) is 7.17. The van der Waals surface area contributed by atoms with E-state index in [4.69, 9.17) is 14.7 Å². The lowest BCUT2D eigenvalue weighted by Crippen LogP contribution is -2.27. The first-order valence-electron chi connectivity index (χ1n) is 7.75. The first kappa shape index (κ1) is 19.0. The third-order valence-electron chi connectivity index (χ3n) is 3.67. The molecule has 136 valence electrons. The molecule has 0 saturated carbocycles. The fourth-order valence-electron chi connectivity index (χ4n) is 2.45. The molecule has 2 amide bonds. The minimum absolute atomic E-state index is 0.113. The maximum Gasteiger partial charge on any atom is 0.298 e. The molecule has 8 heteroatoms. The molecule has 2 aromatic carbocycles. The lowest BCUT2D eigenvalue weighted by atomic mass is 10.1. The smallest absolute Gasteiger partial charge is 0.298 e. The van der Waals surface area contributed by atoms with Gasteiger partial charge in [0.2, 0.25) is 0 Å². The fraction of sp³-hybridized carbons (Fsp3) is 0.105. The molecule has 1 aliphatic heterocycles. The van der Waals surface area contributed by atoms with Crippen LogP contribution in [0.1, 0.15) is 5.56 Å². The number of nitrogens with zero attached hydrogens (tertiary/aromatic N) is 2. The van der Waals surface area contributed by atoms with E-state index in [0.717, 1.165) is 16.7 Å². The molecule has 0 atom stereocenters. The van der Waals surface area contributed by atoms with E-state index in [2.05, 4.69) is 15.9 Å². The third kappa shape index (κ3) is 3.99. The third-order valence-corrected chi connectivity index (χ3v) is 5.23. The minimum Gasteiger partial charge on any atom is -0.493 e. The molecular weight excluding hydrogens is 432 g/mol. The van der Waals surface area contributed by atoms with Crippen molar-refractivity contribution in [2.45, 2.75) is 0 Å². The van der Waals surface area contributed by atoms with Crippen molar-refractivity contribution in [1.82, 2.24) is 0 Å². The number of hydrogen-bond acceptors (Lipinski definition) is 6. The molecule has 1 aliphatic rings. The van der Waals surface area contributed by atoms with Gasteiger partial charge in [-0.1, -0.05) is 34.1 Å². The van der Waals surface area contributed by atoms with Crippen molar-refractivity contribution >= 4 is 50.6 Å². The maximum absolute atomic E-state index is 12.7. The summed E-state index contributed by atoms with van der Waals surface area (Å²) < 4.78 is 11.3. The van der Waals surface area contributed by atoms with Crippen LogP contribution >= 0.6 is 27.7 Å². The van der Waals surface area contributed by atoms with Crippen LogP contribution in [-0.4, -0.2) is 24.9 Å². The van der Waals surface area contributed by atoms with Crippen molar-refractivity contribution < 1.29 is 19.1 Å². The zero-order valence-corrected chi connectivity index (χ0v) is 16.5. The van der Waals surface area contributed by atoms with Crippen LogP contribution < -0.4 is 14.4 Å². The van der Waals surface area contributed by atoms with Crippen LogP contribution in [0.5, 0.6) is 11.5 Å². The summed E-state index contributed by atoms with van der Waals surface area (Å²) in [6.45, 7) is -0.113. The average molecular weight is 445 g/mol. The van der Waals surface area contributed by atoms with Gasteiger partial charge in [-0.25, -0.2) is 4.90 Å². The number of ether oxygens (including phenoxy) is 2. The summed E-state index contributed by atoms with van der Waals surface area (Å²) in [5.74, 6) is 0.439. The van der Waals surface area contributed by atoms with Crippen LogP contribution in [-0.2, 0) is 4.79 Å². The Morgan fingerprint density at radius 1 is 1.22 bits per heavy atom. The van der Waals surface area contributed by atoms with Gasteiger partial charge in [0, 0.05) is 4.47 Å². The number of benzene rings is 2. The van der Waals surface area contributed by atoms with Crippen molar-refractivity contribution in [2.75, 3.05) is 18.6 Å². The minimum atomic E-state index is -0.383. The summed E-state index contributed by atoms with van der Waals surface area (Å²) in [5, 5.41) is 8.31. The highest BCUT2D eigenvalue weighted by Gasteiger charge is 2.36. The van der Waals surface area contributed by atoms with E-state index in [0.29, 0.717) is 32.1 Å². The van der Waals surface area contributed by atoms with Crippen molar-refractivity contribution in [2.24, 2.45) is 0 Å². The Balaban J connectivity index is 1.94. The molecule has 2 aromatic rings. The van der Waals surface area contributed by atoms with Crippen LogP contribution in [0.15, 0.2) is 51.8 Å². The maximum atomic E-state index is 12.7. The highest BCUT2D eigenvalue weighted by atomic mass is 79.9. The fourth-order valence-corrected chi connectivity index (χ4v) is 3.72. The molecule has 27 heavy (non-hydrogen) atoms. The summed E-state index contributed by atoms with van der Waals surface area (Å²) in [7, 11) is 1.48. The van der Waals surface area contributed by atoms with Crippen molar-refractivity contribution in [3.63, 3.8) is 0 Å². The molecule has 0 N–H and O–H groups in total. The van der Waals surface area contributed by atoms with Gasteiger partial charge in [-0.2, -0.15) is 5.26 Å². The van der Waals surface area contributed by atoms with E-state index in [9.17, 15) is 9.59 Å². The highest BCUT2D eigenvalue weighted by molar-refractivity contribution is 9.10. The number of carbonyl (C=O) groups is 2. The quantitative estimate of drug-likeness (QED) is 0.626. The Bertz CT molecular complexity index is 970. The van der Waals surface area contributed by atoms with E-state index in [-0.39, 0.29) is 17.8 Å². The number of rotatable bonds is 5. The molecular formula is C19H13BrN2O4S. The predicted octanol–water partition coefficient (Wildman–Crippen LogP) is 4.60. The zero-order chi connectivity index (χ0) is 19.4. The molecule has 6 nitrogen and oxygen atoms in total. The number of hydrogen-bond donors (Lipinski definition) is 0. The standard InChI is InChI=1S/C19H13BrN2O4S/c1-25-15-9-12(14(20)11-16(15)26-8-7-21)10-17-18(23)22(19(24)27-17)13-5-3-2-4-6-13/h2-6,9-11H,8H2,1H3/b17-10-. The average Bonchev–Trinajstić information content (AvgIpc) is 2.95. The highest BCUT2D eigenvalue weighted by Crippen LogP contribution is 2.39. The van der Waals surface area contributed by atoms with Crippen molar-refractivity contribution in [3.05, 3.63) is 57.4 Å². The van der Waals surface area contributed by atoms with Gasteiger partial charge in [-0.15, -0.1) is 0 Å². The Hall–Kier alpha value is -2.76. The molecule has 0 aliphatic carbocycles. The van der Waals surface area contributed by atoms with Gasteiger partial charge in [0.1, 0.15) is 6.07 Å². The van der Waals surface area contributed by atoms with Gasteiger partial charge >= 0.3 is 0 Å². The van der Waals surface area contributed by atoms with Crippen LogP contribution in [0.4, 0.5) is 10.5 Å². The molecule has 0 unspecified atom stereocenters. The van der Waals surface area contributed by atoms with Crippen LogP contribution in [0.2, 0.25) is 0 Å². The van der Waals surface area contributed by atoms with Crippen LogP contribution in [0.25, 0.3) is 6.08 Å². The number of anilines is 1. The first-order chi connectivity index (χ1) is 13.0. The van der Waals surface area contributed by atoms with E-state index in [1.807, 2.05) is 12.1 Å². The van der Waals surface area contributed by atoms with Crippen LogP contribution in [0.3, 0.4) is 0 Å². The summed E-state index contributed by atoms with van der Waals surface area (Å²) in [5.41, 5.74) is 1.18. The second kappa shape index (κ2) is 8.29. The van der Waals surface area contributed by atoms with Crippen molar-refractivity contribution in [1.29, 1.82) is 5.26 Å². The molecule has 1 fully saturated rings. The number of amides is 2. The zero-order valence-electron chi connectivity index (χ0n) is 14.1. The van der Waals surface area contributed by atoms with E-state index < -0.39 is 0 Å². The summed E-state index contributed by atoms with van der Waals surface area (Å²) in [6, 6.07) is 14.0. The van der Waals surface area contributed by atoms with E-state index in [1.165, 1.54) is 7.11 Å². The molecule has 0 radical (unpaired) electrons. The summed E-state index contributed by atoms with van der Waals surface area (Å²) >= 11 is 4.30. The largest absolute Gasteiger partial charge is 0.493 e. The summed E-state index contributed by atoms with van der Waals surface area (Å²) in [6.07, 6.45) is 1.62. The van der Waals surface area contributed by atoms with Crippen LogP contribution in [0, 0.1) is 11.3 Å². The number of halogens is 1. The molecule has 1 saturated heterocycles. The monoisotopic (exact) mass is 444 g/mol. The predicted molar refractivity (Wildman–Crippen MR) is 107 cm³/mol. The van der Waals surface area contributed by atoms with Crippen molar-refractivity contribution in [3.8, 4) is 17.6 Å². The summed E-state index contributed by atoms with van der Waals surface area (Å²) in [4.78, 5) is 26.5. The normalized spacial score (nSPS) is 15.1. The number of para-hydroxylation sites is 1. The first-order valence-corrected chi connectivity index (χ1v) is 9.36. The number of thioether (sulfide) groups is 1. The Morgan fingerprint density at radius 3 is 2.63 bits per heavy atom. The van der Waals surface area contributed by atoms with Gasteiger partial charge in [0.25, 0.3) is 11.1 Å². The topological polar surface area (TPSA) is 79.6 Å². The Labute approximate surface area is 168 Å². The molecule has 0 spiro atoms. The second-order valence-electron chi connectivity index (χ2n) is 5.32. The SMILES string of the molecule is COc1cc(/C=C2\SC(=O)N(c3ccccc3)C2=O)c(Br)cc1OCC#N. The van der Waals surface area contributed by atoms with Gasteiger partial charge in [-0.05, 0) is 47.7 Å². The lowest BCUT2D eigenvalue weighted by Gasteiger charge is -2.12. The molecule has 1 heterocycles. The number of nitriles is 1. The van der Waals surface area contributed by atoms with Gasteiger partial charge in [-0.3, -0.25) is 9.59 Å². The number of methoxy groups -OCH3 is 1. The van der Waals surface area contributed by atoms with E-state index >= 15 is 0 Å². The number of carbonyl (C=O) groups excluding carboxylic acids is 2. The molecule has 0 aromatic heterocycles. The van der Waals surface area contributed by atoms with Gasteiger partial charge in [0.15, 0.2) is 18.1 Å². The van der Waals surface area contributed by atoms with Gasteiger partial charge in [0.05, 0.1) is 17.7 Å². The Kier molecular flexibility index (Phi) is 5.84.